The SMILES string of the molecule is C=C/C=C(\C(F)=C/CC/C=C\C(=C/C=C)C1CCC(CC)C=N1)c1cc(F)c(C(F)(F)Oc2cc(F)c(F)c(F)c2)c(F)c1. The third-order valence-corrected chi connectivity index (χ3v) is 6.86. The highest BCUT2D eigenvalue weighted by Crippen LogP contribution is 2.38. The van der Waals surface area contributed by atoms with Crippen LogP contribution in [0, 0.1) is 35.0 Å². The minimum Gasteiger partial charge on any atom is -0.429 e. The molecular formula is C34H31F8NO. The number of alkyl halides is 2. The molecule has 44 heavy (non-hydrogen) atoms. The fraction of sp³-hybridized carbons (Fsp3) is 0.265. The highest BCUT2D eigenvalue weighted by molar-refractivity contribution is 5.78. The van der Waals surface area contributed by atoms with E-state index in [-0.39, 0.29) is 30.2 Å². The Hall–Kier alpha value is -4.21. The van der Waals surface area contributed by atoms with Crippen molar-refractivity contribution in [2.75, 3.05) is 0 Å². The van der Waals surface area contributed by atoms with Crippen molar-refractivity contribution in [1.82, 2.24) is 0 Å². The van der Waals surface area contributed by atoms with Gasteiger partial charge in [0.15, 0.2) is 17.5 Å². The molecule has 0 aliphatic carbocycles. The number of allylic oxidation sites excluding steroid dienone is 8. The van der Waals surface area contributed by atoms with E-state index >= 15 is 4.39 Å². The van der Waals surface area contributed by atoms with Crippen molar-refractivity contribution in [2.24, 2.45) is 10.9 Å². The molecule has 0 bridgehead atoms. The van der Waals surface area contributed by atoms with Crippen LogP contribution in [0.1, 0.15) is 50.2 Å². The van der Waals surface area contributed by atoms with Gasteiger partial charge in [0.1, 0.15) is 28.8 Å². The number of rotatable bonds is 13. The predicted octanol–water partition coefficient (Wildman–Crippen LogP) is 10.6. The lowest BCUT2D eigenvalue weighted by Gasteiger charge is -2.22. The number of aliphatic imine (C=N–C) groups is 1. The molecule has 0 radical (unpaired) electrons. The van der Waals surface area contributed by atoms with Crippen LogP contribution in [0.15, 0.2) is 96.3 Å². The number of benzene rings is 2. The van der Waals surface area contributed by atoms with Crippen LogP contribution in [0.25, 0.3) is 5.57 Å². The second-order valence-corrected chi connectivity index (χ2v) is 9.94. The number of hydrogen-bond acceptors (Lipinski definition) is 2. The van der Waals surface area contributed by atoms with E-state index in [4.69, 9.17) is 0 Å². The number of nitrogens with zero attached hydrogens (tertiary/aromatic N) is 1. The Bertz CT molecular complexity index is 1470. The first-order valence-corrected chi connectivity index (χ1v) is 13.8. The van der Waals surface area contributed by atoms with Crippen molar-refractivity contribution in [3.8, 4) is 5.75 Å². The summed E-state index contributed by atoms with van der Waals surface area (Å²) in [5.41, 5.74) is -1.67. The molecular weight excluding hydrogens is 590 g/mol. The minimum atomic E-state index is -4.77. The molecule has 10 heteroatoms. The molecule has 1 aliphatic rings. The highest BCUT2D eigenvalue weighted by atomic mass is 19.3. The molecule has 2 aromatic carbocycles. The predicted molar refractivity (Wildman–Crippen MR) is 157 cm³/mol. The fourth-order valence-electron chi connectivity index (χ4n) is 4.59. The topological polar surface area (TPSA) is 21.6 Å². The molecule has 0 spiro atoms. The van der Waals surface area contributed by atoms with E-state index in [1.165, 1.54) is 6.08 Å². The molecule has 0 saturated heterocycles. The van der Waals surface area contributed by atoms with Crippen LogP contribution in [0.5, 0.6) is 5.75 Å². The lowest BCUT2D eigenvalue weighted by Crippen LogP contribution is -2.25. The molecule has 2 unspecified atom stereocenters. The maximum Gasteiger partial charge on any atom is 0.432 e. The average Bonchev–Trinajstić information content (AvgIpc) is 2.97. The normalized spacial score (nSPS) is 18.2. The summed E-state index contributed by atoms with van der Waals surface area (Å²) >= 11 is 0. The first kappa shape index (κ1) is 34.3. The summed E-state index contributed by atoms with van der Waals surface area (Å²) in [6, 6.07) is 1.12. The second kappa shape index (κ2) is 15.5. The minimum absolute atomic E-state index is 0.00465. The second-order valence-electron chi connectivity index (χ2n) is 9.94. The highest BCUT2D eigenvalue weighted by Gasteiger charge is 2.41. The third kappa shape index (κ3) is 8.67. The summed E-state index contributed by atoms with van der Waals surface area (Å²) in [7, 11) is 0. The maximum atomic E-state index is 15.2. The van der Waals surface area contributed by atoms with Gasteiger partial charge >= 0.3 is 6.11 Å². The van der Waals surface area contributed by atoms with Gasteiger partial charge in [-0.15, -0.1) is 0 Å². The van der Waals surface area contributed by atoms with Gasteiger partial charge in [0.2, 0.25) is 0 Å². The van der Waals surface area contributed by atoms with Gasteiger partial charge in [-0.25, -0.2) is 26.3 Å². The molecule has 0 aromatic heterocycles. The largest absolute Gasteiger partial charge is 0.432 e. The monoisotopic (exact) mass is 621 g/mol. The first-order valence-electron chi connectivity index (χ1n) is 13.8. The molecule has 0 fully saturated rings. The van der Waals surface area contributed by atoms with Gasteiger partial charge in [-0.2, -0.15) is 8.78 Å². The van der Waals surface area contributed by atoms with Crippen LogP contribution in [0.3, 0.4) is 0 Å². The summed E-state index contributed by atoms with van der Waals surface area (Å²) in [6.07, 6.45) is 11.5. The van der Waals surface area contributed by atoms with Gasteiger partial charge in [-0.3, -0.25) is 4.99 Å². The Labute approximate surface area is 251 Å². The smallest absolute Gasteiger partial charge is 0.429 e. The Kier molecular flexibility index (Phi) is 12.1. The van der Waals surface area contributed by atoms with Crippen molar-refractivity contribution < 1.29 is 39.9 Å². The quantitative estimate of drug-likeness (QED) is 0.0944. The molecule has 234 valence electrons. The van der Waals surface area contributed by atoms with Crippen molar-refractivity contribution >= 4 is 11.8 Å². The fourth-order valence-corrected chi connectivity index (χ4v) is 4.59. The first-order chi connectivity index (χ1) is 20.9. The molecule has 0 N–H and O–H groups in total. The summed E-state index contributed by atoms with van der Waals surface area (Å²) in [6.45, 7) is 9.31. The van der Waals surface area contributed by atoms with E-state index < -0.39 is 57.9 Å². The van der Waals surface area contributed by atoms with Gasteiger partial charge in [-0.05, 0) is 67.4 Å². The van der Waals surface area contributed by atoms with E-state index in [0.717, 1.165) is 37.0 Å². The van der Waals surface area contributed by atoms with Crippen LogP contribution in [0.4, 0.5) is 35.1 Å². The Morgan fingerprint density at radius 2 is 1.57 bits per heavy atom. The van der Waals surface area contributed by atoms with E-state index in [9.17, 15) is 30.7 Å². The Morgan fingerprint density at radius 1 is 0.932 bits per heavy atom. The number of hydrogen-bond donors (Lipinski definition) is 0. The maximum absolute atomic E-state index is 15.2. The lowest BCUT2D eigenvalue weighted by molar-refractivity contribution is -0.189. The summed E-state index contributed by atoms with van der Waals surface area (Å²) < 4.78 is 118. The lowest BCUT2D eigenvalue weighted by atomic mass is 9.91. The summed E-state index contributed by atoms with van der Waals surface area (Å²) in [5.74, 6) is -10.9. The van der Waals surface area contributed by atoms with Gasteiger partial charge in [-0.1, -0.05) is 56.5 Å². The van der Waals surface area contributed by atoms with Crippen molar-refractivity contribution in [2.45, 2.75) is 51.2 Å². The van der Waals surface area contributed by atoms with Crippen LogP contribution in [-0.4, -0.2) is 12.3 Å². The molecule has 2 aromatic rings. The molecule has 1 aliphatic heterocycles. The van der Waals surface area contributed by atoms with Crippen molar-refractivity contribution in [3.63, 3.8) is 0 Å². The van der Waals surface area contributed by atoms with Gasteiger partial charge in [0.05, 0.1) is 6.04 Å². The zero-order valence-corrected chi connectivity index (χ0v) is 23.9. The van der Waals surface area contributed by atoms with Gasteiger partial charge < -0.3 is 4.74 Å². The standard InChI is InChI=1S/C34H31F8NO/c1-4-10-22(31-15-14-21(6-3)20-43-31)12-8-7-9-13-26(35)25(11-5-2)23-16-27(36)32(28(37)17-23)34(41,42)44-24-18-29(38)33(40)30(39)19-24/h4-5,8,10-13,16-21,31H,1-2,6-7,9,14-15H2,3H3/b12-8-,22-10+,25-11-,26-13+. The van der Waals surface area contributed by atoms with Crippen molar-refractivity contribution in [3.05, 3.63) is 132 Å². The van der Waals surface area contributed by atoms with Crippen LogP contribution >= 0.6 is 0 Å². The van der Waals surface area contributed by atoms with Crippen LogP contribution < -0.4 is 4.74 Å². The number of unbranched alkanes of at least 4 members (excludes halogenated alkanes) is 1. The third-order valence-electron chi connectivity index (χ3n) is 6.86. The number of halogens is 8. The van der Waals surface area contributed by atoms with E-state index in [2.05, 4.69) is 29.8 Å². The summed E-state index contributed by atoms with van der Waals surface area (Å²) in [4.78, 5) is 4.63. The Balaban J connectivity index is 1.76. The molecule has 0 amide bonds. The molecule has 3 rings (SSSR count). The van der Waals surface area contributed by atoms with Crippen molar-refractivity contribution in [1.29, 1.82) is 0 Å². The zero-order chi connectivity index (χ0) is 32.4. The van der Waals surface area contributed by atoms with E-state index in [0.29, 0.717) is 24.5 Å². The zero-order valence-electron chi connectivity index (χ0n) is 23.9. The van der Waals surface area contributed by atoms with Crippen LogP contribution in [-0.2, 0) is 6.11 Å². The molecule has 0 saturated carbocycles. The van der Waals surface area contributed by atoms with E-state index in [1.54, 1.807) is 6.08 Å². The summed E-state index contributed by atoms with van der Waals surface area (Å²) in [5, 5.41) is 0. The molecule has 2 nitrogen and oxygen atoms in total. The number of ether oxygens (including phenoxy) is 1. The van der Waals surface area contributed by atoms with Crippen LogP contribution in [0.2, 0.25) is 0 Å². The van der Waals surface area contributed by atoms with Gasteiger partial charge in [0.25, 0.3) is 0 Å². The molecule has 2 atom stereocenters. The van der Waals surface area contributed by atoms with E-state index in [1.807, 2.05) is 24.4 Å². The van der Waals surface area contributed by atoms with Gasteiger partial charge in [0, 0.05) is 23.9 Å². The Morgan fingerprint density at radius 3 is 2.11 bits per heavy atom. The molecule has 1 heterocycles. The average molecular weight is 622 g/mol.